The number of benzene rings is 1. The van der Waals surface area contributed by atoms with Crippen molar-refractivity contribution < 1.29 is 14.9 Å². The molecule has 150 valence electrons. The molecule has 0 bridgehead atoms. The van der Waals surface area contributed by atoms with Gasteiger partial charge in [-0.15, -0.1) is 6.42 Å². The van der Waals surface area contributed by atoms with Crippen LogP contribution in [-0.2, 0) is 6.42 Å². The van der Waals surface area contributed by atoms with Crippen LogP contribution in [0, 0.1) is 29.6 Å². The van der Waals surface area contributed by atoms with Crippen LogP contribution in [0.2, 0.25) is 0 Å². The molecule has 0 spiro atoms. The Balaban J connectivity index is 1.44. The van der Waals surface area contributed by atoms with Crippen molar-refractivity contribution in [1.82, 2.24) is 0 Å². The van der Waals surface area contributed by atoms with Crippen molar-refractivity contribution in [1.29, 1.82) is 0 Å². The SMILES string of the molecule is C#CC1(O)CCC2C3CCc4cc(OC5CCCC5)ccc4C3C(O)CC21C. The lowest BCUT2D eigenvalue weighted by atomic mass is 9.52. The van der Waals surface area contributed by atoms with Crippen molar-refractivity contribution in [3.63, 3.8) is 0 Å². The van der Waals surface area contributed by atoms with Gasteiger partial charge in [-0.2, -0.15) is 0 Å². The van der Waals surface area contributed by atoms with Crippen LogP contribution < -0.4 is 4.74 Å². The van der Waals surface area contributed by atoms with Gasteiger partial charge in [-0.05, 0) is 92.9 Å². The second kappa shape index (κ2) is 6.51. The molecule has 6 unspecified atom stereocenters. The Morgan fingerprint density at radius 1 is 1.18 bits per heavy atom. The van der Waals surface area contributed by atoms with Gasteiger partial charge in [-0.3, -0.25) is 0 Å². The number of hydrogen-bond acceptors (Lipinski definition) is 3. The number of ether oxygens (including phenoxy) is 1. The second-order valence-electron chi connectivity index (χ2n) is 9.95. The van der Waals surface area contributed by atoms with Crippen molar-refractivity contribution in [2.75, 3.05) is 0 Å². The van der Waals surface area contributed by atoms with E-state index in [0.717, 1.165) is 25.0 Å². The van der Waals surface area contributed by atoms with E-state index in [4.69, 9.17) is 11.2 Å². The third kappa shape index (κ3) is 2.57. The summed E-state index contributed by atoms with van der Waals surface area (Å²) in [6.45, 7) is 2.11. The quantitative estimate of drug-likeness (QED) is 0.756. The number of rotatable bonds is 2. The summed E-state index contributed by atoms with van der Waals surface area (Å²) < 4.78 is 6.21. The highest BCUT2D eigenvalue weighted by Crippen LogP contribution is 2.64. The average molecular weight is 381 g/mol. The molecule has 0 radical (unpaired) electrons. The summed E-state index contributed by atoms with van der Waals surface area (Å²) in [5.74, 6) is 4.60. The molecule has 6 atom stereocenters. The summed E-state index contributed by atoms with van der Waals surface area (Å²) in [6, 6.07) is 6.52. The van der Waals surface area contributed by atoms with Gasteiger partial charge in [0.2, 0.25) is 0 Å². The van der Waals surface area contributed by atoms with E-state index in [0.29, 0.717) is 30.8 Å². The maximum absolute atomic E-state index is 11.2. The van der Waals surface area contributed by atoms with E-state index in [9.17, 15) is 10.2 Å². The molecular weight excluding hydrogens is 348 g/mol. The van der Waals surface area contributed by atoms with Crippen molar-refractivity contribution in [3.8, 4) is 18.1 Å². The fourth-order valence-electron chi connectivity index (χ4n) is 7.15. The predicted molar refractivity (Wildman–Crippen MR) is 109 cm³/mol. The molecule has 4 aliphatic carbocycles. The molecule has 3 fully saturated rings. The van der Waals surface area contributed by atoms with E-state index in [2.05, 4.69) is 31.0 Å². The molecule has 1 aromatic rings. The van der Waals surface area contributed by atoms with Gasteiger partial charge in [-0.25, -0.2) is 0 Å². The summed E-state index contributed by atoms with van der Waals surface area (Å²) in [4.78, 5) is 0. The zero-order valence-electron chi connectivity index (χ0n) is 16.9. The van der Waals surface area contributed by atoms with E-state index in [-0.39, 0.29) is 11.3 Å². The third-order valence-corrected chi connectivity index (χ3v) is 8.67. The number of fused-ring (bicyclic) bond motifs is 5. The van der Waals surface area contributed by atoms with Crippen LogP contribution in [0.1, 0.15) is 75.3 Å². The number of aliphatic hydroxyl groups is 2. The molecule has 0 aliphatic heterocycles. The first-order valence-electron chi connectivity index (χ1n) is 11.1. The highest BCUT2D eigenvalue weighted by Gasteiger charge is 2.63. The highest BCUT2D eigenvalue weighted by atomic mass is 16.5. The van der Waals surface area contributed by atoms with Crippen LogP contribution >= 0.6 is 0 Å². The summed E-state index contributed by atoms with van der Waals surface area (Å²) in [5.41, 5.74) is 1.17. The van der Waals surface area contributed by atoms with Crippen LogP contribution in [0.25, 0.3) is 0 Å². The number of hydrogen-bond donors (Lipinski definition) is 2. The van der Waals surface area contributed by atoms with Crippen LogP contribution in [0.3, 0.4) is 0 Å². The lowest BCUT2D eigenvalue weighted by Gasteiger charge is -2.54. The molecule has 0 heterocycles. The van der Waals surface area contributed by atoms with Crippen molar-refractivity contribution in [3.05, 3.63) is 29.3 Å². The Morgan fingerprint density at radius 3 is 2.71 bits per heavy atom. The molecule has 1 aromatic carbocycles. The smallest absolute Gasteiger partial charge is 0.130 e. The number of aliphatic hydroxyl groups excluding tert-OH is 1. The minimum Gasteiger partial charge on any atom is -0.490 e. The first-order chi connectivity index (χ1) is 13.4. The minimum atomic E-state index is -1.08. The van der Waals surface area contributed by atoms with Gasteiger partial charge in [-0.1, -0.05) is 18.9 Å². The van der Waals surface area contributed by atoms with Crippen molar-refractivity contribution in [2.24, 2.45) is 17.3 Å². The Hall–Kier alpha value is -1.50. The molecule has 3 nitrogen and oxygen atoms in total. The highest BCUT2D eigenvalue weighted by molar-refractivity contribution is 5.42. The van der Waals surface area contributed by atoms with Crippen molar-refractivity contribution >= 4 is 0 Å². The van der Waals surface area contributed by atoms with Crippen LogP contribution in [0.4, 0.5) is 0 Å². The average Bonchev–Trinajstić information content (AvgIpc) is 3.28. The normalized spacial score (nSPS) is 42.4. The zero-order chi connectivity index (χ0) is 19.5. The van der Waals surface area contributed by atoms with Gasteiger partial charge < -0.3 is 14.9 Å². The molecule has 2 N–H and O–H groups in total. The van der Waals surface area contributed by atoms with E-state index in [1.165, 1.54) is 36.8 Å². The lowest BCUT2D eigenvalue weighted by Crippen LogP contribution is -2.54. The molecule has 0 aromatic heterocycles. The van der Waals surface area contributed by atoms with Crippen molar-refractivity contribution in [2.45, 2.75) is 88.4 Å². The third-order valence-electron chi connectivity index (χ3n) is 8.67. The molecule has 0 saturated heterocycles. The number of terminal acetylenes is 1. The van der Waals surface area contributed by atoms with Gasteiger partial charge in [0.25, 0.3) is 0 Å². The van der Waals surface area contributed by atoms with Crippen LogP contribution in [-0.4, -0.2) is 28.0 Å². The predicted octanol–water partition coefficient (Wildman–Crippen LogP) is 4.20. The van der Waals surface area contributed by atoms with E-state index in [1.807, 2.05) is 0 Å². The van der Waals surface area contributed by atoms with Gasteiger partial charge in [0.1, 0.15) is 11.4 Å². The van der Waals surface area contributed by atoms with Gasteiger partial charge in [0.15, 0.2) is 0 Å². The molecule has 5 rings (SSSR count). The van der Waals surface area contributed by atoms with E-state index in [1.54, 1.807) is 0 Å². The topological polar surface area (TPSA) is 49.7 Å². The summed E-state index contributed by atoms with van der Waals surface area (Å²) >= 11 is 0. The van der Waals surface area contributed by atoms with Crippen LogP contribution in [0.15, 0.2) is 18.2 Å². The second-order valence-corrected chi connectivity index (χ2v) is 9.95. The van der Waals surface area contributed by atoms with Gasteiger partial charge in [0, 0.05) is 11.3 Å². The maximum Gasteiger partial charge on any atom is 0.130 e. The molecule has 3 saturated carbocycles. The first kappa shape index (κ1) is 18.5. The number of aryl methyl sites for hydroxylation is 1. The molecule has 28 heavy (non-hydrogen) atoms. The van der Waals surface area contributed by atoms with Gasteiger partial charge >= 0.3 is 0 Å². The fraction of sp³-hybridized carbons (Fsp3) is 0.680. The van der Waals surface area contributed by atoms with Gasteiger partial charge in [0.05, 0.1) is 12.2 Å². The lowest BCUT2D eigenvalue weighted by molar-refractivity contribution is -0.107. The zero-order valence-corrected chi connectivity index (χ0v) is 16.9. The maximum atomic E-state index is 11.2. The Labute approximate surface area is 168 Å². The Kier molecular flexibility index (Phi) is 4.30. The minimum absolute atomic E-state index is 0.155. The molecule has 4 aliphatic rings. The largest absolute Gasteiger partial charge is 0.490 e. The molecular formula is C25H32O3. The van der Waals surface area contributed by atoms with E-state index >= 15 is 0 Å². The van der Waals surface area contributed by atoms with E-state index < -0.39 is 11.7 Å². The summed E-state index contributed by atoms with van der Waals surface area (Å²) in [7, 11) is 0. The fourth-order valence-corrected chi connectivity index (χ4v) is 7.15. The Bertz CT molecular complexity index is 805. The summed E-state index contributed by atoms with van der Waals surface area (Å²) in [5, 5.41) is 22.2. The monoisotopic (exact) mass is 380 g/mol. The summed E-state index contributed by atoms with van der Waals surface area (Å²) in [6.07, 6.45) is 14.8. The Morgan fingerprint density at radius 2 is 1.96 bits per heavy atom. The molecule has 3 heteroatoms. The standard InChI is InChI=1S/C25H32O3/c1-3-25(27)13-12-21-20-10-8-16-14-18(28-17-6-4-5-7-17)9-11-19(16)23(20)22(26)15-24(21,25)2/h1,9,11,14,17,20-23,26-27H,4-8,10,12-13,15H2,2H3. The van der Waals surface area contributed by atoms with Crippen LogP contribution in [0.5, 0.6) is 5.75 Å². The first-order valence-corrected chi connectivity index (χ1v) is 11.1. The molecule has 0 amide bonds.